The minimum atomic E-state index is -1.05. The first kappa shape index (κ1) is 12.9. The van der Waals surface area contributed by atoms with Gasteiger partial charge in [-0.05, 0) is 26.0 Å². The predicted molar refractivity (Wildman–Crippen MR) is 60.0 cm³/mol. The van der Waals surface area contributed by atoms with Crippen LogP contribution in [-0.2, 0) is 0 Å². The average molecular weight is 246 g/mol. The van der Waals surface area contributed by atoms with Crippen LogP contribution in [0.15, 0.2) is 18.2 Å². The number of hydrogen-bond acceptors (Lipinski definition) is 2. The van der Waals surface area contributed by atoms with Gasteiger partial charge in [0.1, 0.15) is 5.82 Å². The molecule has 1 amide bonds. The molecule has 1 aromatic rings. The van der Waals surface area contributed by atoms with Crippen LogP contribution in [0.1, 0.15) is 24.2 Å². The molecule has 1 aromatic carbocycles. The number of halogens is 2. The zero-order valence-corrected chi connectivity index (χ0v) is 9.81. The van der Waals surface area contributed by atoms with E-state index in [2.05, 4.69) is 5.32 Å². The molecule has 0 fully saturated rings. The van der Waals surface area contributed by atoms with Gasteiger partial charge in [-0.2, -0.15) is 0 Å². The van der Waals surface area contributed by atoms with Crippen LogP contribution in [0.2, 0.25) is 5.02 Å². The van der Waals surface area contributed by atoms with Gasteiger partial charge in [0.15, 0.2) is 0 Å². The number of nitrogens with one attached hydrogen (secondary N) is 1. The Morgan fingerprint density at radius 3 is 2.69 bits per heavy atom. The van der Waals surface area contributed by atoms with Crippen molar-refractivity contribution in [2.24, 2.45) is 0 Å². The van der Waals surface area contributed by atoms with Gasteiger partial charge in [-0.3, -0.25) is 4.79 Å². The van der Waals surface area contributed by atoms with Crippen molar-refractivity contribution >= 4 is 17.5 Å². The molecule has 16 heavy (non-hydrogen) atoms. The van der Waals surface area contributed by atoms with Crippen LogP contribution in [-0.4, -0.2) is 23.2 Å². The van der Waals surface area contributed by atoms with Crippen molar-refractivity contribution in [3.63, 3.8) is 0 Å². The lowest BCUT2D eigenvalue weighted by Gasteiger charge is -2.17. The van der Waals surface area contributed by atoms with Crippen molar-refractivity contribution in [3.05, 3.63) is 34.6 Å². The normalized spacial score (nSPS) is 11.3. The minimum absolute atomic E-state index is 0.0243. The van der Waals surface area contributed by atoms with Crippen molar-refractivity contribution in [1.82, 2.24) is 5.32 Å². The van der Waals surface area contributed by atoms with E-state index in [4.69, 9.17) is 11.6 Å². The summed E-state index contributed by atoms with van der Waals surface area (Å²) in [6.45, 7) is 3.10. The average Bonchev–Trinajstić information content (AvgIpc) is 2.13. The molecule has 0 spiro atoms. The van der Waals surface area contributed by atoms with E-state index in [-0.39, 0.29) is 17.1 Å². The maximum Gasteiger partial charge on any atom is 0.255 e. The summed E-state index contributed by atoms with van der Waals surface area (Å²) in [5, 5.41) is 11.9. The molecule has 0 saturated carbocycles. The van der Waals surface area contributed by atoms with Gasteiger partial charge in [0.25, 0.3) is 5.91 Å². The number of benzene rings is 1. The summed E-state index contributed by atoms with van der Waals surface area (Å²) in [6.07, 6.45) is 0. The van der Waals surface area contributed by atoms with Crippen LogP contribution >= 0.6 is 11.6 Å². The molecule has 0 radical (unpaired) electrons. The van der Waals surface area contributed by atoms with Gasteiger partial charge >= 0.3 is 0 Å². The fourth-order valence-electron chi connectivity index (χ4n) is 1.10. The van der Waals surface area contributed by atoms with Gasteiger partial charge in [0.05, 0.1) is 16.2 Å². The Morgan fingerprint density at radius 1 is 1.56 bits per heavy atom. The second-order valence-electron chi connectivity index (χ2n) is 4.09. The molecular formula is C11H13ClFNO2. The van der Waals surface area contributed by atoms with Crippen LogP contribution in [0.5, 0.6) is 0 Å². The van der Waals surface area contributed by atoms with E-state index in [1.54, 1.807) is 0 Å². The topological polar surface area (TPSA) is 49.3 Å². The molecule has 2 N–H and O–H groups in total. The van der Waals surface area contributed by atoms with Crippen molar-refractivity contribution < 1.29 is 14.3 Å². The molecule has 0 bridgehead atoms. The highest BCUT2D eigenvalue weighted by atomic mass is 35.5. The third-order valence-electron chi connectivity index (χ3n) is 1.87. The molecule has 0 saturated heterocycles. The second-order valence-corrected chi connectivity index (χ2v) is 4.50. The Kier molecular flexibility index (Phi) is 3.88. The Labute approximate surface area is 98.2 Å². The first-order valence-corrected chi connectivity index (χ1v) is 5.13. The van der Waals surface area contributed by atoms with Crippen LogP contribution < -0.4 is 5.32 Å². The van der Waals surface area contributed by atoms with Gasteiger partial charge in [0.2, 0.25) is 0 Å². The van der Waals surface area contributed by atoms with E-state index in [1.807, 2.05) is 0 Å². The maximum atomic E-state index is 13.3. The molecular weight excluding hydrogens is 233 g/mol. The van der Waals surface area contributed by atoms with E-state index in [0.29, 0.717) is 0 Å². The van der Waals surface area contributed by atoms with E-state index in [9.17, 15) is 14.3 Å². The SMILES string of the molecule is CC(C)(O)CNC(=O)c1c(F)cccc1Cl. The third kappa shape index (κ3) is 3.47. The fraction of sp³-hybridized carbons (Fsp3) is 0.364. The van der Waals surface area contributed by atoms with E-state index >= 15 is 0 Å². The van der Waals surface area contributed by atoms with Crippen LogP contribution in [0.3, 0.4) is 0 Å². The number of amides is 1. The van der Waals surface area contributed by atoms with Crippen molar-refractivity contribution in [2.75, 3.05) is 6.54 Å². The summed E-state index contributed by atoms with van der Waals surface area (Å²) >= 11 is 5.71. The summed E-state index contributed by atoms with van der Waals surface area (Å²) in [5.74, 6) is -1.31. The van der Waals surface area contributed by atoms with Crippen molar-refractivity contribution in [1.29, 1.82) is 0 Å². The molecule has 88 valence electrons. The predicted octanol–water partition coefficient (Wildman–Crippen LogP) is 1.98. The molecule has 0 aromatic heterocycles. The molecule has 5 heteroatoms. The summed E-state index contributed by atoms with van der Waals surface area (Å²) in [5.41, 5.74) is -1.25. The summed E-state index contributed by atoms with van der Waals surface area (Å²) in [4.78, 5) is 11.6. The van der Waals surface area contributed by atoms with E-state index in [0.717, 1.165) is 6.07 Å². The highest BCUT2D eigenvalue weighted by Gasteiger charge is 2.19. The van der Waals surface area contributed by atoms with Gasteiger partial charge in [-0.15, -0.1) is 0 Å². The van der Waals surface area contributed by atoms with Crippen LogP contribution in [0, 0.1) is 5.82 Å². The lowest BCUT2D eigenvalue weighted by atomic mass is 10.1. The van der Waals surface area contributed by atoms with Crippen molar-refractivity contribution in [2.45, 2.75) is 19.4 Å². The second kappa shape index (κ2) is 4.80. The van der Waals surface area contributed by atoms with Crippen molar-refractivity contribution in [3.8, 4) is 0 Å². The Balaban J connectivity index is 2.81. The standard InChI is InChI=1S/C11H13ClFNO2/c1-11(2,16)6-14-10(15)9-7(12)4-3-5-8(9)13/h3-5,16H,6H2,1-2H3,(H,14,15). The quantitative estimate of drug-likeness (QED) is 0.856. The molecule has 1 rings (SSSR count). The summed E-state index contributed by atoms with van der Waals surface area (Å²) in [6, 6.07) is 4.01. The summed E-state index contributed by atoms with van der Waals surface area (Å²) in [7, 11) is 0. The number of carbonyl (C=O) groups excluding carboxylic acids is 1. The van der Waals surface area contributed by atoms with E-state index in [1.165, 1.54) is 26.0 Å². The zero-order valence-electron chi connectivity index (χ0n) is 9.05. The largest absolute Gasteiger partial charge is 0.389 e. The molecule has 0 aliphatic heterocycles. The summed E-state index contributed by atoms with van der Waals surface area (Å²) < 4.78 is 13.3. The Hall–Kier alpha value is -1.13. The first-order chi connectivity index (χ1) is 7.31. The highest BCUT2D eigenvalue weighted by molar-refractivity contribution is 6.33. The van der Waals surface area contributed by atoms with Gasteiger partial charge in [-0.25, -0.2) is 4.39 Å². The van der Waals surface area contributed by atoms with Gasteiger partial charge in [-0.1, -0.05) is 17.7 Å². The maximum absolute atomic E-state index is 13.3. The monoisotopic (exact) mass is 245 g/mol. The lowest BCUT2D eigenvalue weighted by Crippen LogP contribution is -2.38. The molecule has 0 aliphatic carbocycles. The number of aliphatic hydroxyl groups is 1. The number of rotatable bonds is 3. The van der Waals surface area contributed by atoms with Crippen LogP contribution in [0.25, 0.3) is 0 Å². The molecule has 0 aliphatic rings. The fourth-order valence-corrected chi connectivity index (χ4v) is 1.35. The van der Waals surface area contributed by atoms with Gasteiger partial charge in [0, 0.05) is 6.54 Å². The van der Waals surface area contributed by atoms with E-state index < -0.39 is 17.3 Å². The number of hydrogen-bond donors (Lipinski definition) is 2. The number of carbonyl (C=O) groups is 1. The molecule has 0 heterocycles. The molecule has 3 nitrogen and oxygen atoms in total. The van der Waals surface area contributed by atoms with Gasteiger partial charge < -0.3 is 10.4 Å². The zero-order chi connectivity index (χ0) is 12.3. The lowest BCUT2D eigenvalue weighted by molar-refractivity contribution is 0.0692. The molecule has 0 atom stereocenters. The smallest absolute Gasteiger partial charge is 0.255 e. The highest BCUT2D eigenvalue weighted by Crippen LogP contribution is 2.18. The minimum Gasteiger partial charge on any atom is -0.389 e. The van der Waals surface area contributed by atoms with Crippen LogP contribution in [0.4, 0.5) is 4.39 Å². The Morgan fingerprint density at radius 2 is 2.19 bits per heavy atom. The molecule has 0 unspecified atom stereocenters. The first-order valence-electron chi connectivity index (χ1n) is 4.76. The Bertz CT molecular complexity index is 381. The third-order valence-corrected chi connectivity index (χ3v) is 2.19.